The number of aromatic nitrogens is 2. The maximum Gasteiger partial charge on any atom is 0.267 e. The summed E-state index contributed by atoms with van der Waals surface area (Å²) in [5.74, 6) is -2.33. The van der Waals surface area contributed by atoms with Crippen LogP contribution >= 0.6 is 23.5 Å². The highest BCUT2D eigenvalue weighted by molar-refractivity contribution is 8.03. The number of hydrogen-bond donors (Lipinski definition) is 6. The van der Waals surface area contributed by atoms with Crippen LogP contribution in [0.25, 0.3) is 11.0 Å². The molecule has 0 radical (unpaired) electrons. The van der Waals surface area contributed by atoms with Gasteiger partial charge in [0, 0.05) is 79.4 Å². The third kappa shape index (κ3) is 25.1. The number of amides is 8. The van der Waals surface area contributed by atoms with E-state index in [0.29, 0.717) is 66.1 Å². The lowest BCUT2D eigenvalue weighted by Crippen LogP contribution is -2.59. The van der Waals surface area contributed by atoms with Crippen molar-refractivity contribution in [3.63, 3.8) is 0 Å². The minimum atomic E-state index is -0.853. The van der Waals surface area contributed by atoms with Crippen LogP contribution in [0.4, 0.5) is 5.69 Å². The second-order valence-corrected chi connectivity index (χ2v) is 29.5. The molecule has 10 unspecified atom stereocenters. The smallest absolute Gasteiger partial charge is 0.267 e. The van der Waals surface area contributed by atoms with Crippen molar-refractivity contribution < 1.29 is 62.1 Å². The van der Waals surface area contributed by atoms with Gasteiger partial charge in [-0.15, -0.1) is 23.5 Å². The van der Waals surface area contributed by atoms with Crippen molar-refractivity contribution in [2.24, 2.45) is 23.7 Å². The van der Waals surface area contributed by atoms with Gasteiger partial charge in [-0.2, -0.15) is 0 Å². The molecule has 3 aromatic carbocycles. The number of hydroxylamine groups is 1. The van der Waals surface area contributed by atoms with E-state index in [1.165, 1.54) is 13.2 Å². The SMILES string of the molecule is CCC(C)C(C(CC(=O)N1CCCC1C(OC)C(C)C(=O)NC(C=CC(=O)NOCc1ccc(NC(=O)C(C)NC(=O)CCOCCOCCNC(=O)c2ccc3nc4c(nc3c2)CSC2=CC(=CC=CC=C2)SC4)cc1)Cc1ccccc1)OC)N(C)C(=O)C(NC(=O)C(C(C)C)N(C)C)C(C)C. The fourth-order valence-electron chi connectivity index (χ4n) is 12.9. The first-order valence-corrected chi connectivity index (χ1v) is 37.8. The lowest BCUT2D eigenvalue weighted by molar-refractivity contribution is -0.148. The number of carbonyl (C=O) groups is 8. The second-order valence-electron chi connectivity index (χ2n) is 27.4. The van der Waals surface area contributed by atoms with Crippen LogP contribution in [-0.2, 0) is 81.9 Å². The number of methoxy groups -OCH3 is 2. The number of allylic oxidation sites excluding steroid dienone is 6. The Labute approximate surface area is 621 Å². The number of likely N-dealkylation sites (N-methyl/N-ethyl adjacent to an activating group) is 2. The molecular formula is C78H107N11O13S2. The zero-order valence-corrected chi connectivity index (χ0v) is 64.1. The van der Waals surface area contributed by atoms with Gasteiger partial charge in [-0.3, -0.25) is 48.1 Å². The molecule has 3 aliphatic rings. The fraction of sp³-hybridized carbons (Fsp3) is 0.513. The van der Waals surface area contributed by atoms with Crippen molar-refractivity contribution in [2.45, 2.75) is 160 Å². The van der Waals surface area contributed by atoms with E-state index in [1.807, 2.05) is 115 Å². The monoisotopic (exact) mass is 1470 g/mol. The van der Waals surface area contributed by atoms with E-state index in [9.17, 15) is 38.4 Å². The van der Waals surface area contributed by atoms with Crippen molar-refractivity contribution >= 4 is 87.5 Å². The summed E-state index contributed by atoms with van der Waals surface area (Å²) in [5.41, 5.74) is 8.20. The first-order chi connectivity index (χ1) is 49.9. The molecule has 3 heterocycles. The maximum absolute atomic E-state index is 14.6. The Kier molecular flexibility index (Phi) is 33.7. The molecule has 2 bridgehead atoms. The number of nitrogens with zero attached hydrogens (tertiary/aromatic N) is 5. The van der Waals surface area contributed by atoms with Gasteiger partial charge in [0.15, 0.2) is 0 Å². The van der Waals surface area contributed by atoms with E-state index in [4.69, 9.17) is 33.8 Å². The molecule has 24 nitrogen and oxygen atoms in total. The van der Waals surface area contributed by atoms with Gasteiger partial charge in [-0.05, 0) is 118 Å². The van der Waals surface area contributed by atoms with E-state index in [-0.39, 0.29) is 106 Å². The number of ether oxygens (including phenoxy) is 4. The summed E-state index contributed by atoms with van der Waals surface area (Å²) in [6, 6.07) is 18.0. The highest BCUT2D eigenvalue weighted by Gasteiger charge is 2.43. The largest absolute Gasteiger partial charge is 0.379 e. The minimum Gasteiger partial charge on any atom is -0.379 e. The average Bonchev–Trinajstić information content (AvgIpc) is 1.50. The van der Waals surface area contributed by atoms with Crippen LogP contribution < -0.4 is 32.1 Å². The topological polar surface area (TPSA) is 290 Å². The van der Waals surface area contributed by atoms with Gasteiger partial charge in [0.2, 0.25) is 35.4 Å². The molecule has 8 amide bonds. The van der Waals surface area contributed by atoms with Crippen molar-refractivity contribution in [1.29, 1.82) is 0 Å². The number of benzene rings is 3. The van der Waals surface area contributed by atoms with Crippen LogP contribution in [0.3, 0.4) is 0 Å². The standard InChI is InChI=1S/C78H107N11O13S2/c1-14-51(6)72(88(11)78(97)70(49(2)3)85-77(96)71(50(4)5)87(9)10)66(98-12)45-69(92)89-37-21-26-65(89)73(99-13)52(7)74(93)82-58(42-54-22-17-15-18-23-54)32-34-68(91)86-102-46-55-27-30-57(31-28-55)81-75(94)53(8)80-67(90)35-38-100-40-41-101-39-36-79-76(95)56-29-33-61-62(43-56)84-64-48-104-60-25-20-16-19-24-59(44-60)103-47-63(64)83-61/h15-20,22-25,27-34,43-44,49-53,58,65-66,70-73H,14,21,26,35-42,45-48H2,1-13H3,(H,79,95)(H,80,90)(H,81,94)(H,82,93)(H,85,96)(H,86,91). The van der Waals surface area contributed by atoms with E-state index in [1.54, 1.807) is 104 Å². The van der Waals surface area contributed by atoms with Gasteiger partial charge in [0.25, 0.3) is 11.8 Å². The Morgan fingerprint density at radius 2 is 1.43 bits per heavy atom. The third-order valence-electron chi connectivity index (χ3n) is 18.7. The van der Waals surface area contributed by atoms with E-state index in [2.05, 4.69) is 50.3 Å². The molecule has 6 N–H and O–H groups in total. The number of hydrogen-bond acceptors (Lipinski definition) is 18. The number of carbonyl (C=O) groups excluding carboxylic acids is 8. The van der Waals surface area contributed by atoms with E-state index < -0.39 is 66.2 Å². The third-order valence-corrected chi connectivity index (χ3v) is 20.7. The number of nitrogens with one attached hydrogen (secondary N) is 6. The Bertz CT molecular complexity index is 3690. The molecule has 1 saturated heterocycles. The highest BCUT2D eigenvalue weighted by atomic mass is 32.2. The van der Waals surface area contributed by atoms with Gasteiger partial charge in [-0.1, -0.05) is 122 Å². The maximum atomic E-state index is 14.6. The Morgan fingerprint density at radius 1 is 0.731 bits per heavy atom. The molecule has 1 aliphatic carbocycles. The summed E-state index contributed by atoms with van der Waals surface area (Å²) < 4.78 is 23.4. The number of likely N-dealkylation sites (tertiary alicyclic amines) is 1. The molecule has 0 spiro atoms. The van der Waals surface area contributed by atoms with Crippen LogP contribution in [0.1, 0.15) is 120 Å². The van der Waals surface area contributed by atoms with Crippen LogP contribution in [0, 0.1) is 23.7 Å². The average molecular weight is 1470 g/mol. The number of anilines is 1. The zero-order valence-electron chi connectivity index (χ0n) is 62.4. The second kappa shape index (κ2) is 42.2. The Morgan fingerprint density at radius 3 is 2.11 bits per heavy atom. The Balaban J connectivity index is 0.804. The van der Waals surface area contributed by atoms with Gasteiger partial charge in [0.1, 0.15) is 12.1 Å². The minimum absolute atomic E-state index is 0.00692. The number of thioether (sulfide) groups is 2. The van der Waals surface area contributed by atoms with Crippen LogP contribution in [0.5, 0.6) is 0 Å². The first kappa shape index (κ1) is 83.2. The summed E-state index contributed by atoms with van der Waals surface area (Å²) in [7, 11) is 8.48. The summed E-state index contributed by atoms with van der Waals surface area (Å²) in [5, 5.41) is 14.5. The van der Waals surface area contributed by atoms with E-state index in [0.717, 1.165) is 32.3 Å². The molecule has 0 saturated carbocycles. The lowest BCUT2D eigenvalue weighted by atomic mass is 9.89. The van der Waals surface area contributed by atoms with Crippen LogP contribution in [0.15, 0.2) is 131 Å². The van der Waals surface area contributed by atoms with Crippen LogP contribution in [0.2, 0.25) is 0 Å². The van der Waals surface area contributed by atoms with E-state index >= 15 is 0 Å². The highest BCUT2D eigenvalue weighted by Crippen LogP contribution is 2.35. The molecule has 1 aromatic heterocycles. The predicted molar refractivity (Wildman–Crippen MR) is 407 cm³/mol. The molecule has 564 valence electrons. The molecule has 10 atom stereocenters. The van der Waals surface area contributed by atoms with Crippen molar-refractivity contribution in [2.75, 3.05) is 80.2 Å². The quantitative estimate of drug-likeness (QED) is 0.0139. The summed E-state index contributed by atoms with van der Waals surface area (Å²) in [4.78, 5) is 132. The van der Waals surface area contributed by atoms with Crippen molar-refractivity contribution in [3.05, 3.63) is 159 Å². The zero-order chi connectivity index (χ0) is 75.4. The molecule has 4 aromatic rings. The number of fused-ring (bicyclic) bond motifs is 3. The summed E-state index contributed by atoms with van der Waals surface area (Å²) in [6.07, 6.45) is 16.3. The van der Waals surface area contributed by atoms with Gasteiger partial charge >= 0.3 is 0 Å². The van der Waals surface area contributed by atoms with Gasteiger partial charge < -0.3 is 55.3 Å². The molecule has 26 heteroatoms. The van der Waals surface area contributed by atoms with Crippen LogP contribution in [-0.4, -0.2) is 195 Å². The van der Waals surface area contributed by atoms with Gasteiger partial charge in [-0.25, -0.2) is 15.4 Å². The van der Waals surface area contributed by atoms with Crippen molar-refractivity contribution in [1.82, 2.24) is 51.4 Å². The molecule has 7 rings (SSSR count). The van der Waals surface area contributed by atoms with Gasteiger partial charge in [0.05, 0.1) is 104 Å². The predicted octanol–water partition coefficient (Wildman–Crippen LogP) is 8.78. The first-order valence-electron chi connectivity index (χ1n) is 35.9. The fourth-order valence-corrected chi connectivity index (χ4v) is 14.8. The summed E-state index contributed by atoms with van der Waals surface area (Å²) in [6.45, 7) is 16.7. The normalized spacial score (nSPS) is 17.1. The summed E-state index contributed by atoms with van der Waals surface area (Å²) >= 11 is 3.43. The Hall–Kier alpha value is -8.08. The lowest BCUT2D eigenvalue weighted by Gasteiger charge is -2.41. The molecule has 2 aliphatic heterocycles. The van der Waals surface area contributed by atoms with Crippen molar-refractivity contribution in [3.8, 4) is 0 Å². The number of rotatable bonds is 38. The molecule has 1 fully saturated rings. The molecular weight excluding hydrogens is 1360 g/mol. The molecule has 104 heavy (non-hydrogen) atoms.